The van der Waals surface area contributed by atoms with Gasteiger partial charge in [0.05, 0.1) is 11.9 Å². The Hall–Kier alpha value is -2.23. The number of hydrogen-bond acceptors (Lipinski definition) is 3. The maximum Gasteiger partial charge on any atom is 0.210 e. The quantitative estimate of drug-likeness (QED) is 0.579. The Morgan fingerprint density at radius 1 is 1.31 bits per heavy atom. The highest BCUT2D eigenvalue weighted by Gasteiger charge is 2.11. The first kappa shape index (κ1) is 10.3. The number of carbonyl (C=O) groups excluding carboxylic acids is 1. The first-order chi connectivity index (χ1) is 7.68. The number of allylic oxidation sites excluding steroid dienone is 1. The van der Waals surface area contributed by atoms with E-state index in [1.54, 1.807) is 6.92 Å². The molecule has 0 atom stereocenters. The van der Waals surface area contributed by atoms with Crippen LogP contribution in [0, 0.1) is 0 Å². The molecule has 0 aliphatic heterocycles. The van der Waals surface area contributed by atoms with Crippen LogP contribution in [-0.2, 0) is 0 Å². The second kappa shape index (κ2) is 4.10. The molecular weight excluding hydrogens is 202 g/mol. The Morgan fingerprint density at radius 2 is 2.00 bits per heavy atom. The van der Waals surface area contributed by atoms with Crippen molar-refractivity contribution in [3.8, 4) is 5.69 Å². The van der Waals surface area contributed by atoms with Crippen molar-refractivity contribution >= 4 is 5.78 Å². The molecule has 0 spiro atoms. The molecule has 0 bridgehead atoms. The van der Waals surface area contributed by atoms with Crippen LogP contribution in [0.5, 0.6) is 0 Å². The van der Waals surface area contributed by atoms with Crippen LogP contribution in [0.1, 0.15) is 17.4 Å². The lowest BCUT2D eigenvalue weighted by Crippen LogP contribution is -2.03. The SMILES string of the molecule is C=C(C)C(=O)c1cnn(-c2ccccc2)n1. The number of ketones is 1. The molecule has 4 nitrogen and oxygen atoms in total. The highest BCUT2D eigenvalue weighted by Crippen LogP contribution is 2.06. The van der Waals surface area contributed by atoms with Crippen molar-refractivity contribution in [3.05, 3.63) is 54.4 Å². The van der Waals surface area contributed by atoms with Crippen molar-refractivity contribution in [2.45, 2.75) is 6.92 Å². The van der Waals surface area contributed by atoms with E-state index in [2.05, 4.69) is 16.8 Å². The molecule has 4 heteroatoms. The molecule has 16 heavy (non-hydrogen) atoms. The van der Waals surface area contributed by atoms with Gasteiger partial charge < -0.3 is 0 Å². The van der Waals surface area contributed by atoms with E-state index in [-0.39, 0.29) is 5.78 Å². The molecule has 1 heterocycles. The number of hydrogen-bond donors (Lipinski definition) is 0. The molecule has 0 N–H and O–H groups in total. The lowest BCUT2D eigenvalue weighted by atomic mass is 10.2. The van der Waals surface area contributed by atoms with E-state index in [9.17, 15) is 4.79 Å². The zero-order valence-electron chi connectivity index (χ0n) is 8.92. The van der Waals surface area contributed by atoms with E-state index in [0.717, 1.165) is 5.69 Å². The molecule has 80 valence electrons. The Labute approximate surface area is 93.2 Å². The minimum Gasteiger partial charge on any atom is -0.287 e. The summed E-state index contributed by atoms with van der Waals surface area (Å²) < 4.78 is 0. The summed E-state index contributed by atoms with van der Waals surface area (Å²) in [7, 11) is 0. The molecule has 0 unspecified atom stereocenters. The summed E-state index contributed by atoms with van der Waals surface area (Å²) in [5.41, 5.74) is 1.60. The van der Waals surface area contributed by atoms with Gasteiger partial charge in [0.25, 0.3) is 0 Å². The fourth-order valence-electron chi connectivity index (χ4n) is 1.27. The van der Waals surface area contributed by atoms with Crippen molar-refractivity contribution in [1.29, 1.82) is 0 Å². The van der Waals surface area contributed by atoms with Gasteiger partial charge in [0.2, 0.25) is 5.78 Å². The Bertz CT molecular complexity index is 528. The smallest absolute Gasteiger partial charge is 0.210 e. The van der Waals surface area contributed by atoms with Gasteiger partial charge in [-0.1, -0.05) is 24.8 Å². The van der Waals surface area contributed by atoms with E-state index >= 15 is 0 Å². The third kappa shape index (κ3) is 1.91. The molecule has 0 fully saturated rings. The van der Waals surface area contributed by atoms with E-state index in [1.807, 2.05) is 30.3 Å². The van der Waals surface area contributed by atoms with Crippen LogP contribution >= 0.6 is 0 Å². The van der Waals surface area contributed by atoms with Crippen LogP contribution in [0.4, 0.5) is 0 Å². The van der Waals surface area contributed by atoms with Crippen LogP contribution in [-0.4, -0.2) is 20.8 Å². The minimum atomic E-state index is -0.179. The largest absolute Gasteiger partial charge is 0.287 e. The standard InChI is InChI=1S/C12H11N3O/c1-9(2)12(16)11-8-13-15(14-11)10-6-4-3-5-7-10/h3-8H,1H2,2H3. The average Bonchev–Trinajstić information content (AvgIpc) is 2.78. The second-order valence-electron chi connectivity index (χ2n) is 3.46. The Balaban J connectivity index is 2.34. The first-order valence-corrected chi connectivity index (χ1v) is 4.86. The number of Topliss-reactive ketones (excluding diaryl/α,β-unsaturated/α-hetero) is 1. The molecule has 0 amide bonds. The summed E-state index contributed by atoms with van der Waals surface area (Å²) in [4.78, 5) is 13.0. The number of rotatable bonds is 3. The predicted molar refractivity (Wildman–Crippen MR) is 60.5 cm³/mol. The molecule has 1 aromatic carbocycles. The van der Waals surface area contributed by atoms with Crippen molar-refractivity contribution in [1.82, 2.24) is 15.0 Å². The van der Waals surface area contributed by atoms with Gasteiger partial charge in [0.15, 0.2) is 5.69 Å². The van der Waals surface area contributed by atoms with E-state index in [0.29, 0.717) is 11.3 Å². The Morgan fingerprint density at radius 3 is 2.62 bits per heavy atom. The average molecular weight is 213 g/mol. The van der Waals surface area contributed by atoms with Gasteiger partial charge in [0, 0.05) is 0 Å². The lowest BCUT2D eigenvalue weighted by Gasteiger charge is -1.97. The van der Waals surface area contributed by atoms with Gasteiger partial charge in [-0.25, -0.2) is 0 Å². The van der Waals surface area contributed by atoms with Crippen molar-refractivity contribution in [2.75, 3.05) is 0 Å². The molecule has 2 aromatic rings. The van der Waals surface area contributed by atoms with Gasteiger partial charge in [-0.3, -0.25) is 4.79 Å². The zero-order chi connectivity index (χ0) is 11.5. The molecular formula is C12H11N3O. The van der Waals surface area contributed by atoms with Crippen LogP contribution < -0.4 is 0 Å². The van der Waals surface area contributed by atoms with E-state index in [1.165, 1.54) is 11.0 Å². The molecule has 1 aromatic heterocycles. The number of aromatic nitrogens is 3. The predicted octanol–water partition coefficient (Wildman–Crippen LogP) is 2.03. The normalized spacial score (nSPS) is 10.1. The molecule has 2 rings (SSSR count). The van der Waals surface area contributed by atoms with E-state index < -0.39 is 0 Å². The summed E-state index contributed by atoms with van der Waals surface area (Å²) >= 11 is 0. The number of nitrogens with zero attached hydrogens (tertiary/aromatic N) is 3. The van der Waals surface area contributed by atoms with Gasteiger partial charge in [-0.2, -0.15) is 9.90 Å². The van der Waals surface area contributed by atoms with Crippen molar-refractivity contribution in [2.24, 2.45) is 0 Å². The molecule has 0 saturated heterocycles. The minimum absolute atomic E-state index is 0.179. The first-order valence-electron chi connectivity index (χ1n) is 4.86. The van der Waals surface area contributed by atoms with E-state index in [4.69, 9.17) is 0 Å². The van der Waals surface area contributed by atoms with Gasteiger partial charge >= 0.3 is 0 Å². The van der Waals surface area contributed by atoms with Gasteiger partial charge in [-0.15, -0.1) is 5.10 Å². The van der Waals surface area contributed by atoms with Crippen LogP contribution in [0.15, 0.2) is 48.7 Å². The summed E-state index contributed by atoms with van der Waals surface area (Å²) in [6, 6.07) is 9.43. The molecule has 0 radical (unpaired) electrons. The highest BCUT2D eigenvalue weighted by atomic mass is 16.1. The zero-order valence-corrected chi connectivity index (χ0v) is 8.92. The fraction of sp³-hybridized carbons (Fsp3) is 0.0833. The summed E-state index contributed by atoms with van der Waals surface area (Å²) in [5, 5.41) is 8.13. The van der Waals surface area contributed by atoms with Crippen molar-refractivity contribution in [3.63, 3.8) is 0 Å². The summed E-state index contributed by atoms with van der Waals surface area (Å²) in [5.74, 6) is -0.179. The van der Waals surface area contributed by atoms with Crippen molar-refractivity contribution < 1.29 is 4.79 Å². The third-order valence-corrected chi connectivity index (χ3v) is 2.10. The van der Waals surface area contributed by atoms with Crippen LogP contribution in [0.3, 0.4) is 0 Å². The van der Waals surface area contributed by atoms with Crippen LogP contribution in [0.2, 0.25) is 0 Å². The monoisotopic (exact) mass is 213 g/mol. The number of para-hydroxylation sites is 1. The summed E-state index contributed by atoms with van der Waals surface area (Å²) in [6.45, 7) is 5.24. The second-order valence-corrected chi connectivity index (χ2v) is 3.46. The third-order valence-electron chi connectivity index (χ3n) is 2.10. The molecule has 0 aliphatic carbocycles. The maximum absolute atomic E-state index is 11.6. The summed E-state index contributed by atoms with van der Waals surface area (Å²) in [6.07, 6.45) is 1.45. The Kier molecular flexibility index (Phi) is 2.64. The topological polar surface area (TPSA) is 47.8 Å². The number of benzene rings is 1. The van der Waals surface area contributed by atoms with Gasteiger partial charge in [-0.05, 0) is 24.6 Å². The lowest BCUT2D eigenvalue weighted by molar-refractivity contribution is 0.103. The molecule has 0 aliphatic rings. The fourth-order valence-corrected chi connectivity index (χ4v) is 1.27. The molecule has 0 saturated carbocycles. The highest BCUT2D eigenvalue weighted by molar-refractivity contribution is 6.06. The number of carbonyl (C=O) groups is 1. The maximum atomic E-state index is 11.6. The van der Waals surface area contributed by atoms with Crippen LogP contribution in [0.25, 0.3) is 5.69 Å². The van der Waals surface area contributed by atoms with Gasteiger partial charge in [0.1, 0.15) is 0 Å².